The molecule has 90 valence electrons. The fraction of sp³-hybridized carbons (Fsp3) is 0.833. The zero-order valence-corrected chi connectivity index (χ0v) is 9.82. The maximum atomic E-state index is 5.43. The SMILES string of the molecule is C1=C(N2CCCC2N2CCOCC2)CNC1. The van der Waals surface area contributed by atoms with Crippen LogP contribution in [0, 0.1) is 0 Å². The molecule has 0 bridgehead atoms. The van der Waals surface area contributed by atoms with Crippen LogP contribution in [0.5, 0.6) is 0 Å². The Balaban J connectivity index is 1.68. The Morgan fingerprint density at radius 1 is 1.25 bits per heavy atom. The lowest BCUT2D eigenvalue weighted by Gasteiger charge is -2.38. The molecule has 1 N–H and O–H groups in total. The van der Waals surface area contributed by atoms with Gasteiger partial charge in [0.15, 0.2) is 0 Å². The predicted molar refractivity (Wildman–Crippen MR) is 63.1 cm³/mol. The van der Waals surface area contributed by atoms with Gasteiger partial charge in [-0.3, -0.25) is 4.90 Å². The van der Waals surface area contributed by atoms with Crippen molar-refractivity contribution in [3.8, 4) is 0 Å². The topological polar surface area (TPSA) is 27.7 Å². The summed E-state index contributed by atoms with van der Waals surface area (Å²) in [7, 11) is 0. The summed E-state index contributed by atoms with van der Waals surface area (Å²) in [6.45, 7) is 7.34. The van der Waals surface area contributed by atoms with Gasteiger partial charge in [-0.25, -0.2) is 0 Å². The van der Waals surface area contributed by atoms with Crippen molar-refractivity contribution in [1.82, 2.24) is 15.1 Å². The van der Waals surface area contributed by atoms with E-state index in [4.69, 9.17) is 4.74 Å². The first-order chi connectivity index (χ1) is 7.95. The van der Waals surface area contributed by atoms with Gasteiger partial charge in [-0.1, -0.05) is 6.08 Å². The van der Waals surface area contributed by atoms with E-state index in [-0.39, 0.29) is 0 Å². The molecule has 4 nitrogen and oxygen atoms in total. The van der Waals surface area contributed by atoms with Crippen LogP contribution in [-0.4, -0.2) is 61.9 Å². The molecule has 3 heterocycles. The Kier molecular flexibility index (Phi) is 3.13. The highest BCUT2D eigenvalue weighted by molar-refractivity contribution is 5.12. The summed E-state index contributed by atoms with van der Waals surface area (Å²) < 4.78 is 5.43. The molecular formula is C12H21N3O. The average Bonchev–Trinajstić information content (AvgIpc) is 3.01. The second kappa shape index (κ2) is 4.73. The van der Waals surface area contributed by atoms with Crippen molar-refractivity contribution in [2.45, 2.75) is 19.0 Å². The van der Waals surface area contributed by atoms with Gasteiger partial charge in [-0.15, -0.1) is 0 Å². The van der Waals surface area contributed by atoms with Crippen LogP contribution < -0.4 is 5.32 Å². The fourth-order valence-corrected chi connectivity index (χ4v) is 3.02. The van der Waals surface area contributed by atoms with E-state index in [1.165, 1.54) is 25.1 Å². The highest BCUT2D eigenvalue weighted by atomic mass is 16.5. The van der Waals surface area contributed by atoms with E-state index in [9.17, 15) is 0 Å². The molecule has 0 radical (unpaired) electrons. The van der Waals surface area contributed by atoms with Crippen LogP contribution in [0.4, 0.5) is 0 Å². The molecule has 3 aliphatic rings. The molecule has 3 rings (SSSR count). The monoisotopic (exact) mass is 223 g/mol. The van der Waals surface area contributed by atoms with Gasteiger partial charge in [0.2, 0.25) is 0 Å². The third kappa shape index (κ3) is 1.97. The third-order valence-corrected chi connectivity index (χ3v) is 3.85. The summed E-state index contributed by atoms with van der Waals surface area (Å²) in [5, 5.41) is 3.40. The van der Waals surface area contributed by atoms with E-state index < -0.39 is 0 Å². The van der Waals surface area contributed by atoms with Crippen molar-refractivity contribution in [2.24, 2.45) is 0 Å². The maximum Gasteiger partial charge on any atom is 0.0820 e. The molecule has 0 amide bonds. The van der Waals surface area contributed by atoms with E-state index >= 15 is 0 Å². The average molecular weight is 223 g/mol. The van der Waals surface area contributed by atoms with Gasteiger partial charge in [0.05, 0.1) is 19.4 Å². The number of hydrogen-bond donors (Lipinski definition) is 1. The highest BCUT2D eigenvalue weighted by Crippen LogP contribution is 2.26. The van der Waals surface area contributed by atoms with Crippen LogP contribution in [0.15, 0.2) is 11.8 Å². The van der Waals surface area contributed by atoms with Crippen LogP contribution >= 0.6 is 0 Å². The Bertz CT molecular complexity index is 273. The molecule has 2 saturated heterocycles. The zero-order valence-electron chi connectivity index (χ0n) is 9.82. The lowest BCUT2D eigenvalue weighted by Crippen LogP contribution is -2.49. The number of nitrogens with one attached hydrogen (secondary N) is 1. The molecule has 1 atom stereocenters. The summed E-state index contributed by atoms with van der Waals surface area (Å²) in [5.74, 6) is 0. The third-order valence-electron chi connectivity index (χ3n) is 3.85. The van der Waals surface area contributed by atoms with Crippen LogP contribution in [0.1, 0.15) is 12.8 Å². The summed E-state index contributed by atoms with van der Waals surface area (Å²) in [6.07, 6.45) is 5.63. The first kappa shape index (κ1) is 10.6. The van der Waals surface area contributed by atoms with Crippen molar-refractivity contribution in [1.29, 1.82) is 0 Å². The smallest absolute Gasteiger partial charge is 0.0820 e. The van der Waals surface area contributed by atoms with E-state index in [2.05, 4.69) is 21.2 Å². The minimum atomic E-state index is 0.634. The van der Waals surface area contributed by atoms with E-state index in [1.54, 1.807) is 0 Å². The van der Waals surface area contributed by atoms with Crippen molar-refractivity contribution in [2.75, 3.05) is 45.9 Å². The van der Waals surface area contributed by atoms with E-state index in [1.807, 2.05) is 0 Å². The van der Waals surface area contributed by atoms with Crippen LogP contribution in [-0.2, 0) is 4.74 Å². The predicted octanol–water partition coefficient (Wildman–Crippen LogP) is 0.228. The second-order valence-electron chi connectivity index (χ2n) is 4.79. The van der Waals surface area contributed by atoms with E-state index in [0.29, 0.717) is 6.17 Å². The highest BCUT2D eigenvalue weighted by Gasteiger charge is 2.32. The summed E-state index contributed by atoms with van der Waals surface area (Å²) in [6, 6.07) is 0. The quantitative estimate of drug-likeness (QED) is 0.725. The normalized spacial score (nSPS) is 32.1. The van der Waals surface area contributed by atoms with Gasteiger partial charge in [-0.2, -0.15) is 0 Å². The minimum Gasteiger partial charge on any atom is -0.379 e. The number of hydrogen-bond acceptors (Lipinski definition) is 4. The molecule has 0 aliphatic carbocycles. The molecule has 0 aromatic rings. The Morgan fingerprint density at radius 2 is 2.12 bits per heavy atom. The molecule has 0 aromatic heterocycles. The first-order valence-electron chi connectivity index (χ1n) is 6.43. The Labute approximate surface area is 97.2 Å². The molecule has 0 spiro atoms. The molecule has 2 fully saturated rings. The van der Waals surface area contributed by atoms with Crippen LogP contribution in [0.25, 0.3) is 0 Å². The lowest BCUT2D eigenvalue weighted by atomic mass is 10.2. The maximum absolute atomic E-state index is 5.43. The number of nitrogens with zero attached hydrogens (tertiary/aromatic N) is 2. The molecular weight excluding hydrogens is 202 g/mol. The van der Waals surface area contributed by atoms with Gasteiger partial charge in [0.1, 0.15) is 0 Å². The number of ether oxygens (including phenoxy) is 1. The molecule has 0 aromatic carbocycles. The van der Waals surface area contributed by atoms with Gasteiger partial charge < -0.3 is 15.0 Å². The molecule has 4 heteroatoms. The Morgan fingerprint density at radius 3 is 2.88 bits per heavy atom. The molecule has 3 aliphatic heterocycles. The van der Waals surface area contributed by atoms with Crippen LogP contribution in [0.2, 0.25) is 0 Å². The van der Waals surface area contributed by atoms with Crippen LogP contribution in [0.3, 0.4) is 0 Å². The van der Waals surface area contributed by atoms with Gasteiger partial charge in [0.25, 0.3) is 0 Å². The van der Waals surface area contributed by atoms with Crippen molar-refractivity contribution in [3.63, 3.8) is 0 Å². The summed E-state index contributed by atoms with van der Waals surface area (Å²) >= 11 is 0. The Hall–Kier alpha value is -0.580. The van der Waals surface area contributed by atoms with E-state index in [0.717, 1.165) is 39.4 Å². The minimum absolute atomic E-state index is 0.634. The summed E-state index contributed by atoms with van der Waals surface area (Å²) in [4.78, 5) is 5.20. The standard InChI is InChI=1S/C12H21N3O/c1-2-12(14-6-8-16-9-7-14)15(5-1)11-3-4-13-10-11/h3,12-13H,1-2,4-10H2. The number of likely N-dealkylation sites (tertiary alicyclic amines) is 1. The fourth-order valence-electron chi connectivity index (χ4n) is 3.02. The van der Waals surface area contributed by atoms with Crippen molar-refractivity contribution >= 4 is 0 Å². The van der Waals surface area contributed by atoms with Gasteiger partial charge >= 0.3 is 0 Å². The molecule has 0 saturated carbocycles. The largest absolute Gasteiger partial charge is 0.379 e. The van der Waals surface area contributed by atoms with Crippen molar-refractivity contribution in [3.05, 3.63) is 11.8 Å². The lowest BCUT2D eigenvalue weighted by molar-refractivity contribution is -0.0115. The summed E-state index contributed by atoms with van der Waals surface area (Å²) in [5.41, 5.74) is 1.51. The van der Waals surface area contributed by atoms with Crippen molar-refractivity contribution < 1.29 is 4.74 Å². The molecule has 1 unspecified atom stereocenters. The zero-order chi connectivity index (χ0) is 10.8. The number of morpholine rings is 1. The second-order valence-corrected chi connectivity index (χ2v) is 4.79. The molecule has 16 heavy (non-hydrogen) atoms. The number of rotatable bonds is 2. The first-order valence-corrected chi connectivity index (χ1v) is 6.43. The van der Waals surface area contributed by atoms with Gasteiger partial charge in [0, 0.05) is 38.4 Å². The van der Waals surface area contributed by atoms with Gasteiger partial charge in [-0.05, 0) is 12.8 Å².